The van der Waals surface area contributed by atoms with Crippen molar-refractivity contribution in [2.24, 2.45) is 5.73 Å². The fourth-order valence-electron chi connectivity index (χ4n) is 3.25. The van der Waals surface area contributed by atoms with Crippen LogP contribution in [0.4, 0.5) is 5.95 Å². The maximum Gasteiger partial charge on any atom is 0.492 e. The first-order valence-electron chi connectivity index (χ1n) is 10.1. The van der Waals surface area contributed by atoms with Crippen LogP contribution < -0.4 is 17.0 Å². The van der Waals surface area contributed by atoms with Crippen LogP contribution >= 0.6 is 23.5 Å². The van der Waals surface area contributed by atoms with E-state index in [1.807, 2.05) is 0 Å². The second-order valence-electron chi connectivity index (χ2n) is 7.28. The van der Waals surface area contributed by atoms with Crippen LogP contribution in [0.5, 0.6) is 0 Å². The highest BCUT2D eigenvalue weighted by Gasteiger charge is 2.51. The summed E-state index contributed by atoms with van der Waals surface area (Å²) in [5.74, 6) is -1.79. The minimum absolute atomic E-state index is 0.00632. The predicted octanol–water partition coefficient (Wildman–Crippen LogP) is 1.25. The summed E-state index contributed by atoms with van der Waals surface area (Å²) in [6.07, 6.45) is 0.271. The Morgan fingerprint density at radius 2 is 1.68 bits per heavy atom. The number of nitrogen functional groups attached to an aromatic ring is 1. The molecule has 5 N–H and O–H groups in total. The number of H-pyrrole nitrogens is 1. The molecule has 2 aromatic rings. The van der Waals surface area contributed by atoms with E-state index in [0.717, 1.165) is 28.4 Å². The van der Waals surface area contributed by atoms with Gasteiger partial charge in [-0.2, -0.15) is 13.6 Å². The topological polar surface area (TPSA) is 250 Å². The van der Waals surface area contributed by atoms with Gasteiger partial charge in [-0.05, 0) is 0 Å². The molecule has 0 saturated carbocycles. The number of hydrogen-bond acceptors (Lipinski definition) is 17. The predicted molar refractivity (Wildman–Crippen MR) is 124 cm³/mol. The smallest absolute Gasteiger partial charge is 0.369 e. The molecule has 0 amide bonds. The molecule has 19 nitrogen and oxygen atoms in total. The minimum Gasteiger partial charge on any atom is -0.369 e. The Kier molecular flexibility index (Phi) is 9.14. The zero-order valence-corrected chi connectivity index (χ0v) is 23.0. The van der Waals surface area contributed by atoms with E-state index in [2.05, 4.69) is 32.8 Å². The standard InChI is InChI=1S/C15H27N6O13P3/c1-26-15(7-31-36(24,29-4)34-37(25,30-5)33-35(23,27-2)28-3)6-9(16)13(32-15)21-8-18-10-11(21)19-14(17)20-12(10)22/h8-9,13H,6-7,16H2,1-5H3,(H3,17,19,20,22). The van der Waals surface area contributed by atoms with Gasteiger partial charge in [0.15, 0.2) is 23.2 Å². The Balaban J connectivity index is 1.81. The number of aromatic amines is 1. The summed E-state index contributed by atoms with van der Waals surface area (Å²) >= 11 is 0. The largest absolute Gasteiger partial charge is 0.492 e. The summed E-state index contributed by atoms with van der Waals surface area (Å²) in [6, 6.07) is -0.770. The maximum atomic E-state index is 13.1. The van der Waals surface area contributed by atoms with Gasteiger partial charge >= 0.3 is 23.5 Å². The summed E-state index contributed by atoms with van der Waals surface area (Å²) in [5, 5.41) is 0. The Labute approximate surface area is 209 Å². The molecule has 3 rings (SSSR count). The van der Waals surface area contributed by atoms with E-state index >= 15 is 0 Å². The van der Waals surface area contributed by atoms with Crippen molar-refractivity contribution in [1.29, 1.82) is 0 Å². The van der Waals surface area contributed by atoms with Crippen molar-refractivity contribution in [3.63, 3.8) is 0 Å². The molecule has 0 aliphatic carbocycles. The molecule has 1 fully saturated rings. The van der Waals surface area contributed by atoms with Gasteiger partial charge in [-0.3, -0.25) is 37.0 Å². The van der Waals surface area contributed by atoms with Crippen molar-refractivity contribution in [3.05, 3.63) is 16.7 Å². The molecule has 0 spiro atoms. The Bertz CT molecular complexity index is 1310. The number of fused-ring (bicyclic) bond motifs is 1. The third-order valence-electron chi connectivity index (χ3n) is 5.08. The van der Waals surface area contributed by atoms with Gasteiger partial charge in [-0.1, -0.05) is 0 Å². The normalized spacial score (nSPS) is 25.8. The molecule has 0 radical (unpaired) electrons. The van der Waals surface area contributed by atoms with Crippen LogP contribution in [0.3, 0.4) is 0 Å². The molecule has 5 unspecified atom stereocenters. The molecule has 22 heteroatoms. The number of phosphoric ester groups is 2. The van der Waals surface area contributed by atoms with Crippen LogP contribution in [-0.4, -0.2) is 73.5 Å². The first kappa shape index (κ1) is 30.0. The first-order chi connectivity index (χ1) is 17.3. The van der Waals surface area contributed by atoms with E-state index in [1.165, 1.54) is 18.0 Å². The van der Waals surface area contributed by atoms with Crippen molar-refractivity contribution in [3.8, 4) is 0 Å². The lowest BCUT2D eigenvalue weighted by Gasteiger charge is -2.29. The number of phosphoric acid groups is 3. The first-order valence-corrected chi connectivity index (χ1v) is 14.5. The van der Waals surface area contributed by atoms with E-state index in [-0.39, 0.29) is 23.5 Å². The zero-order valence-electron chi connectivity index (χ0n) is 20.3. The fourth-order valence-corrected chi connectivity index (χ4v) is 7.72. The fraction of sp³-hybridized carbons (Fsp3) is 0.667. The molecular weight excluding hydrogens is 565 g/mol. The number of nitrogens with two attached hydrogens (primary N) is 2. The monoisotopic (exact) mass is 592 g/mol. The number of aromatic nitrogens is 4. The molecule has 1 aliphatic rings. The van der Waals surface area contributed by atoms with Crippen LogP contribution in [0.25, 0.3) is 11.2 Å². The Morgan fingerprint density at radius 1 is 1.08 bits per heavy atom. The lowest BCUT2D eigenvalue weighted by Crippen LogP contribution is -2.37. The van der Waals surface area contributed by atoms with Crippen molar-refractivity contribution >= 4 is 40.6 Å². The van der Waals surface area contributed by atoms with Crippen molar-refractivity contribution < 1.29 is 54.4 Å². The van der Waals surface area contributed by atoms with Crippen LogP contribution in [0.2, 0.25) is 0 Å². The van der Waals surface area contributed by atoms with E-state index in [9.17, 15) is 18.5 Å². The summed E-state index contributed by atoms with van der Waals surface area (Å²) in [7, 11) is -9.10. The quantitative estimate of drug-likeness (QED) is 0.277. The van der Waals surface area contributed by atoms with Gasteiger partial charge in [0.2, 0.25) is 5.95 Å². The highest BCUT2D eigenvalue weighted by atomic mass is 31.3. The summed E-state index contributed by atoms with van der Waals surface area (Å²) in [5.41, 5.74) is 11.4. The molecule has 0 aromatic carbocycles. The molecule has 1 aliphatic heterocycles. The number of methoxy groups -OCH3 is 1. The van der Waals surface area contributed by atoms with Crippen LogP contribution in [-0.2, 0) is 54.4 Å². The summed E-state index contributed by atoms with van der Waals surface area (Å²) < 4.78 is 84.1. The molecule has 0 bridgehead atoms. The lowest BCUT2D eigenvalue weighted by molar-refractivity contribution is -0.239. The van der Waals surface area contributed by atoms with Crippen LogP contribution in [0, 0.1) is 0 Å². The highest BCUT2D eigenvalue weighted by molar-refractivity contribution is 7.67. The molecule has 5 atom stereocenters. The van der Waals surface area contributed by atoms with Gasteiger partial charge in [0.1, 0.15) is 6.61 Å². The SMILES string of the molecule is COC1(COP(=O)(OC)OP(=O)(OC)OP(=O)(OC)OC)CC(N)C(n2cnc3c(=O)[nH]c(N)nc32)O1. The van der Waals surface area contributed by atoms with Gasteiger partial charge in [0.25, 0.3) is 5.56 Å². The highest BCUT2D eigenvalue weighted by Crippen LogP contribution is 2.72. The summed E-state index contributed by atoms with van der Waals surface area (Å²) in [6.45, 7) is -0.641. The molecule has 3 heterocycles. The number of ether oxygens (including phenoxy) is 2. The van der Waals surface area contributed by atoms with Gasteiger partial charge in [0, 0.05) is 42.0 Å². The van der Waals surface area contributed by atoms with E-state index in [1.54, 1.807) is 0 Å². The van der Waals surface area contributed by atoms with Crippen molar-refractivity contribution in [2.45, 2.75) is 24.5 Å². The molecule has 37 heavy (non-hydrogen) atoms. The minimum atomic E-state index is -4.88. The Morgan fingerprint density at radius 3 is 2.24 bits per heavy atom. The number of imidazole rings is 1. The number of nitrogens with one attached hydrogen (secondary N) is 1. The van der Waals surface area contributed by atoms with Gasteiger partial charge in [0.05, 0.1) is 12.4 Å². The summed E-state index contributed by atoms with van der Waals surface area (Å²) in [4.78, 5) is 22.5. The second-order valence-corrected chi connectivity index (χ2v) is 13.0. The van der Waals surface area contributed by atoms with Gasteiger partial charge in [-0.15, -0.1) is 0 Å². The van der Waals surface area contributed by atoms with E-state index < -0.39 is 53.7 Å². The molecule has 2 aromatic heterocycles. The van der Waals surface area contributed by atoms with Gasteiger partial charge < -0.3 is 20.9 Å². The van der Waals surface area contributed by atoms with E-state index in [0.29, 0.717) is 0 Å². The van der Waals surface area contributed by atoms with Crippen molar-refractivity contribution in [2.75, 3.05) is 47.9 Å². The molecular formula is C15H27N6O13P3. The van der Waals surface area contributed by atoms with Crippen molar-refractivity contribution in [1.82, 2.24) is 19.5 Å². The van der Waals surface area contributed by atoms with Crippen LogP contribution in [0.15, 0.2) is 11.1 Å². The average Bonchev–Trinajstić information content (AvgIpc) is 3.43. The second kappa shape index (κ2) is 11.3. The average molecular weight is 592 g/mol. The number of anilines is 1. The number of rotatable bonds is 13. The van der Waals surface area contributed by atoms with Gasteiger partial charge in [-0.25, -0.2) is 18.7 Å². The lowest BCUT2D eigenvalue weighted by atomic mass is 10.1. The maximum absolute atomic E-state index is 13.1. The third-order valence-corrected chi connectivity index (χ3v) is 10.5. The number of hydrogen-bond donors (Lipinski definition) is 3. The third kappa shape index (κ3) is 6.37. The Hall–Kier alpha value is -1.56. The zero-order chi connectivity index (χ0) is 27.6. The molecule has 210 valence electrons. The number of nitrogens with zero attached hydrogens (tertiary/aromatic N) is 3. The molecule has 1 saturated heterocycles. The van der Waals surface area contributed by atoms with Crippen LogP contribution in [0.1, 0.15) is 12.6 Å². The van der Waals surface area contributed by atoms with E-state index in [4.69, 9.17) is 34.3 Å².